The molecule has 1 N–H and O–H groups in total. The Hall–Kier alpha value is -2.51. The van der Waals surface area contributed by atoms with Crippen LogP contribution in [-0.4, -0.2) is 67.9 Å². The van der Waals surface area contributed by atoms with Gasteiger partial charge < -0.3 is 24.6 Å². The number of halogens is 1. The van der Waals surface area contributed by atoms with Crippen LogP contribution < -0.4 is 10.1 Å². The molecule has 0 atom stereocenters. The molecule has 0 bridgehead atoms. The molecule has 1 aromatic carbocycles. The van der Waals surface area contributed by atoms with E-state index in [9.17, 15) is 14.0 Å². The van der Waals surface area contributed by atoms with E-state index in [1.165, 1.54) is 12.1 Å². The molecule has 1 saturated heterocycles. The molecule has 3 amide bonds. The predicted octanol–water partition coefficient (Wildman–Crippen LogP) is 1.69. The minimum Gasteiger partial charge on any atom is -0.489 e. The zero-order valence-electron chi connectivity index (χ0n) is 13.7. The lowest BCUT2D eigenvalue weighted by molar-refractivity contribution is 0.0851. The molecular weight excluding hydrogens is 317 g/mol. The molecule has 7 nitrogen and oxygen atoms in total. The maximum Gasteiger partial charge on any atom is 0.409 e. The van der Waals surface area contributed by atoms with Gasteiger partial charge in [-0.3, -0.25) is 0 Å². The first-order chi connectivity index (χ1) is 11.6. The average molecular weight is 339 g/mol. The van der Waals surface area contributed by atoms with Crippen LogP contribution in [0, 0.1) is 5.82 Å². The molecule has 0 aromatic heterocycles. The highest BCUT2D eigenvalue weighted by molar-refractivity contribution is 5.75. The molecule has 1 aromatic rings. The Bertz CT molecular complexity index is 562. The molecule has 0 unspecified atom stereocenters. The van der Waals surface area contributed by atoms with Gasteiger partial charge in [0, 0.05) is 26.2 Å². The van der Waals surface area contributed by atoms with Gasteiger partial charge in [0.05, 0.1) is 13.2 Å². The van der Waals surface area contributed by atoms with Crippen LogP contribution in [0.15, 0.2) is 24.3 Å². The number of ether oxygens (including phenoxy) is 2. The van der Waals surface area contributed by atoms with Crippen molar-refractivity contribution in [1.29, 1.82) is 0 Å². The summed E-state index contributed by atoms with van der Waals surface area (Å²) in [7, 11) is 0. The quantitative estimate of drug-likeness (QED) is 0.829. The van der Waals surface area contributed by atoms with Crippen molar-refractivity contribution in [3.8, 4) is 5.75 Å². The van der Waals surface area contributed by atoms with Crippen LogP contribution in [0.4, 0.5) is 14.0 Å². The number of hydrogen-bond donors (Lipinski definition) is 1. The Kier molecular flexibility index (Phi) is 6.65. The molecule has 1 aliphatic rings. The summed E-state index contributed by atoms with van der Waals surface area (Å²) in [5, 5.41) is 2.72. The minimum atomic E-state index is -0.432. The fourth-order valence-electron chi connectivity index (χ4n) is 2.30. The van der Waals surface area contributed by atoms with Crippen LogP contribution in [0.3, 0.4) is 0 Å². The maximum atomic E-state index is 13.4. The average Bonchev–Trinajstić information content (AvgIpc) is 2.60. The number of piperazine rings is 1. The van der Waals surface area contributed by atoms with Gasteiger partial charge in [0.2, 0.25) is 0 Å². The summed E-state index contributed by atoms with van der Waals surface area (Å²) >= 11 is 0. The largest absolute Gasteiger partial charge is 0.489 e. The highest BCUT2D eigenvalue weighted by atomic mass is 19.1. The van der Waals surface area contributed by atoms with Crippen LogP contribution in [0.1, 0.15) is 6.92 Å². The van der Waals surface area contributed by atoms with Crippen molar-refractivity contribution in [2.45, 2.75) is 6.92 Å². The Morgan fingerprint density at radius 3 is 2.50 bits per heavy atom. The van der Waals surface area contributed by atoms with Crippen molar-refractivity contribution in [3.63, 3.8) is 0 Å². The van der Waals surface area contributed by atoms with Gasteiger partial charge in [-0.15, -0.1) is 0 Å². The highest BCUT2D eigenvalue weighted by Crippen LogP contribution is 2.14. The van der Waals surface area contributed by atoms with E-state index in [4.69, 9.17) is 9.47 Å². The second kappa shape index (κ2) is 8.95. The summed E-state index contributed by atoms with van der Waals surface area (Å²) in [5.74, 6) is -0.270. The lowest BCUT2D eigenvalue weighted by Crippen LogP contribution is -2.53. The number of nitrogens with one attached hydrogen (secondary N) is 1. The normalized spacial score (nSPS) is 14.2. The number of amides is 3. The number of para-hydroxylation sites is 1. The Balaban J connectivity index is 1.65. The summed E-state index contributed by atoms with van der Waals surface area (Å²) in [5.41, 5.74) is 0. The van der Waals surface area contributed by atoms with E-state index in [2.05, 4.69) is 5.32 Å². The molecule has 0 saturated carbocycles. The number of carbonyl (C=O) groups excluding carboxylic acids is 2. The summed E-state index contributed by atoms with van der Waals surface area (Å²) in [4.78, 5) is 26.8. The van der Waals surface area contributed by atoms with E-state index in [0.717, 1.165) is 0 Å². The number of rotatable bonds is 5. The van der Waals surface area contributed by atoms with Gasteiger partial charge >= 0.3 is 12.1 Å². The first kappa shape index (κ1) is 17.8. The van der Waals surface area contributed by atoms with Crippen molar-refractivity contribution in [2.24, 2.45) is 0 Å². The van der Waals surface area contributed by atoms with Crippen molar-refractivity contribution in [3.05, 3.63) is 30.1 Å². The molecule has 8 heteroatoms. The molecule has 1 heterocycles. The van der Waals surface area contributed by atoms with Crippen LogP contribution in [0.2, 0.25) is 0 Å². The summed E-state index contributed by atoms with van der Waals surface area (Å²) < 4.78 is 23.6. The zero-order valence-corrected chi connectivity index (χ0v) is 13.7. The Morgan fingerprint density at radius 2 is 1.83 bits per heavy atom. The van der Waals surface area contributed by atoms with Gasteiger partial charge in [0.1, 0.15) is 6.61 Å². The van der Waals surface area contributed by atoms with Crippen LogP contribution in [-0.2, 0) is 4.74 Å². The highest BCUT2D eigenvalue weighted by Gasteiger charge is 2.24. The van der Waals surface area contributed by atoms with Crippen LogP contribution in [0.5, 0.6) is 5.75 Å². The van der Waals surface area contributed by atoms with Crippen LogP contribution in [0.25, 0.3) is 0 Å². The number of nitrogens with zero attached hydrogens (tertiary/aromatic N) is 2. The van der Waals surface area contributed by atoms with E-state index in [0.29, 0.717) is 32.8 Å². The van der Waals surface area contributed by atoms with Gasteiger partial charge in [0.25, 0.3) is 0 Å². The number of urea groups is 1. The van der Waals surface area contributed by atoms with Crippen LogP contribution >= 0.6 is 0 Å². The fourth-order valence-corrected chi connectivity index (χ4v) is 2.30. The molecule has 0 aliphatic carbocycles. The van der Waals surface area contributed by atoms with Gasteiger partial charge in [-0.25, -0.2) is 14.0 Å². The lowest BCUT2D eigenvalue weighted by atomic mass is 10.3. The molecule has 2 rings (SSSR count). The topological polar surface area (TPSA) is 71.1 Å². The third kappa shape index (κ3) is 5.00. The van der Waals surface area contributed by atoms with E-state index >= 15 is 0 Å². The smallest absolute Gasteiger partial charge is 0.409 e. The number of carbonyl (C=O) groups is 2. The van der Waals surface area contributed by atoms with Gasteiger partial charge in [-0.2, -0.15) is 0 Å². The molecule has 132 valence electrons. The van der Waals surface area contributed by atoms with E-state index < -0.39 is 5.82 Å². The summed E-state index contributed by atoms with van der Waals surface area (Å²) in [6.45, 7) is 4.31. The molecule has 0 spiro atoms. The zero-order chi connectivity index (χ0) is 17.4. The first-order valence-corrected chi connectivity index (χ1v) is 7.93. The van der Waals surface area contributed by atoms with Gasteiger partial charge in [-0.05, 0) is 19.1 Å². The van der Waals surface area contributed by atoms with E-state index in [1.54, 1.807) is 28.9 Å². The van der Waals surface area contributed by atoms with Crippen molar-refractivity contribution < 1.29 is 23.5 Å². The van der Waals surface area contributed by atoms with E-state index in [1.807, 2.05) is 0 Å². The fraction of sp³-hybridized carbons (Fsp3) is 0.500. The molecular formula is C16H22FN3O4. The van der Waals surface area contributed by atoms with Crippen molar-refractivity contribution >= 4 is 12.1 Å². The third-order valence-electron chi connectivity index (χ3n) is 3.57. The third-order valence-corrected chi connectivity index (χ3v) is 3.57. The monoisotopic (exact) mass is 339 g/mol. The van der Waals surface area contributed by atoms with Gasteiger partial charge in [0.15, 0.2) is 11.6 Å². The van der Waals surface area contributed by atoms with Gasteiger partial charge in [-0.1, -0.05) is 12.1 Å². The molecule has 1 fully saturated rings. The lowest BCUT2D eigenvalue weighted by Gasteiger charge is -2.33. The first-order valence-electron chi connectivity index (χ1n) is 7.93. The molecule has 1 aliphatic heterocycles. The SMILES string of the molecule is CCOC(=O)N1CCN(C(=O)NCCOc2ccccc2F)CC1. The van der Waals surface area contributed by atoms with E-state index in [-0.39, 0.29) is 31.0 Å². The summed E-state index contributed by atoms with van der Waals surface area (Å²) in [6.07, 6.45) is -0.351. The summed E-state index contributed by atoms with van der Waals surface area (Å²) in [6, 6.07) is 5.89. The number of hydrogen-bond acceptors (Lipinski definition) is 4. The second-order valence-electron chi connectivity index (χ2n) is 5.18. The molecule has 24 heavy (non-hydrogen) atoms. The second-order valence-corrected chi connectivity index (χ2v) is 5.18. The standard InChI is InChI=1S/C16H22FN3O4/c1-2-23-16(22)20-10-8-19(9-11-20)15(21)18-7-12-24-14-6-4-3-5-13(14)17/h3-6H,2,7-12H2,1H3,(H,18,21). The number of benzene rings is 1. The molecule has 0 radical (unpaired) electrons. The predicted molar refractivity (Wildman–Crippen MR) is 85.5 cm³/mol. The minimum absolute atomic E-state index is 0.162. The maximum absolute atomic E-state index is 13.4. The Labute approximate surface area is 140 Å². The van der Waals surface area contributed by atoms with Crippen molar-refractivity contribution in [2.75, 3.05) is 45.9 Å². The van der Waals surface area contributed by atoms with Crippen molar-refractivity contribution in [1.82, 2.24) is 15.1 Å². The Morgan fingerprint density at radius 1 is 1.17 bits per heavy atom.